The zero-order chi connectivity index (χ0) is 7.84. The molecule has 0 fully saturated rings. The lowest BCUT2D eigenvalue weighted by Crippen LogP contribution is -1.68. The molecule has 1 heterocycles. The fourth-order valence-electron chi connectivity index (χ4n) is 0.864. The number of aromatic nitrogens is 1. The Bertz CT molecular complexity index is 362. The SMILES string of the molecule is Clc1cc2cnoc2cc1Br. The molecule has 56 valence electrons. The van der Waals surface area contributed by atoms with Gasteiger partial charge in [-0.1, -0.05) is 16.8 Å². The van der Waals surface area contributed by atoms with E-state index in [1.807, 2.05) is 0 Å². The molecule has 4 heteroatoms. The van der Waals surface area contributed by atoms with Crippen molar-refractivity contribution in [2.45, 2.75) is 0 Å². The third-order valence-electron chi connectivity index (χ3n) is 1.40. The minimum absolute atomic E-state index is 0.667. The minimum atomic E-state index is 0.667. The summed E-state index contributed by atoms with van der Waals surface area (Å²) in [4.78, 5) is 0. The number of hydrogen-bond donors (Lipinski definition) is 0. The quantitative estimate of drug-likeness (QED) is 0.697. The molecular weight excluding hydrogens is 229 g/mol. The molecule has 0 aliphatic rings. The number of benzene rings is 1. The summed E-state index contributed by atoms with van der Waals surface area (Å²) in [5.74, 6) is 0. The summed E-state index contributed by atoms with van der Waals surface area (Å²) in [5.41, 5.74) is 0.737. The molecule has 2 aromatic rings. The molecule has 0 spiro atoms. The molecule has 0 aliphatic carbocycles. The van der Waals surface area contributed by atoms with Crippen LogP contribution >= 0.6 is 27.5 Å². The predicted octanol–water partition coefficient (Wildman–Crippen LogP) is 3.24. The molecule has 0 amide bonds. The van der Waals surface area contributed by atoms with E-state index in [2.05, 4.69) is 21.1 Å². The Morgan fingerprint density at radius 3 is 3.09 bits per heavy atom. The molecule has 11 heavy (non-hydrogen) atoms. The Labute approximate surface area is 76.2 Å². The van der Waals surface area contributed by atoms with Gasteiger partial charge in [-0.2, -0.15) is 0 Å². The highest BCUT2D eigenvalue weighted by molar-refractivity contribution is 9.10. The van der Waals surface area contributed by atoms with Gasteiger partial charge >= 0.3 is 0 Å². The molecule has 2 rings (SSSR count). The molecule has 0 saturated carbocycles. The van der Waals surface area contributed by atoms with Gasteiger partial charge in [0.2, 0.25) is 0 Å². The van der Waals surface area contributed by atoms with Crippen molar-refractivity contribution in [3.63, 3.8) is 0 Å². The summed E-state index contributed by atoms with van der Waals surface area (Å²) >= 11 is 9.11. The molecule has 0 saturated heterocycles. The Hall–Kier alpha value is -0.540. The zero-order valence-corrected chi connectivity index (χ0v) is 7.69. The number of halogens is 2. The van der Waals surface area contributed by atoms with E-state index in [9.17, 15) is 0 Å². The molecule has 0 atom stereocenters. The van der Waals surface area contributed by atoms with Crippen LogP contribution in [-0.4, -0.2) is 5.16 Å². The van der Waals surface area contributed by atoms with Gasteiger partial charge in [-0.05, 0) is 28.1 Å². The Morgan fingerprint density at radius 1 is 1.45 bits per heavy atom. The van der Waals surface area contributed by atoms with E-state index in [1.165, 1.54) is 0 Å². The number of rotatable bonds is 0. The van der Waals surface area contributed by atoms with E-state index < -0.39 is 0 Å². The Kier molecular flexibility index (Phi) is 1.62. The summed E-state index contributed by atoms with van der Waals surface area (Å²) in [6.07, 6.45) is 1.63. The molecule has 1 aromatic heterocycles. The van der Waals surface area contributed by atoms with Crippen LogP contribution in [0.4, 0.5) is 0 Å². The second-order valence-corrected chi connectivity index (χ2v) is 3.39. The van der Waals surface area contributed by atoms with E-state index in [0.29, 0.717) is 5.02 Å². The van der Waals surface area contributed by atoms with E-state index in [0.717, 1.165) is 15.4 Å². The highest BCUT2D eigenvalue weighted by Crippen LogP contribution is 2.27. The second-order valence-electron chi connectivity index (χ2n) is 2.13. The third kappa shape index (κ3) is 1.14. The Morgan fingerprint density at radius 2 is 2.27 bits per heavy atom. The van der Waals surface area contributed by atoms with Crippen LogP contribution in [0, 0.1) is 0 Å². The normalized spacial score (nSPS) is 10.7. The number of fused-ring (bicyclic) bond motifs is 1. The molecule has 2 nitrogen and oxygen atoms in total. The van der Waals surface area contributed by atoms with Crippen molar-refractivity contribution in [1.82, 2.24) is 5.16 Å². The van der Waals surface area contributed by atoms with Crippen molar-refractivity contribution < 1.29 is 4.52 Å². The lowest BCUT2D eigenvalue weighted by molar-refractivity contribution is 0.456. The molecule has 0 bridgehead atoms. The second kappa shape index (κ2) is 2.50. The van der Waals surface area contributed by atoms with Gasteiger partial charge in [0, 0.05) is 9.86 Å². The van der Waals surface area contributed by atoms with E-state index in [-0.39, 0.29) is 0 Å². The van der Waals surface area contributed by atoms with E-state index in [1.54, 1.807) is 18.3 Å². The molecule has 0 aliphatic heterocycles. The van der Waals surface area contributed by atoms with Crippen LogP contribution in [0.5, 0.6) is 0 Å². The van der Waals surface area contributed by atoms with Crippen LogP contribution in [0.2, 0.25) is 5.02 Å². The van der Waals surface area contributed by atoms with Crippen molar-refractivity contribution in [3.05, 3.63) is 27.8 Å². The maximum atomic E-state index is 5.83. The third-order valence-corrected chi connectivity index (χ3v) is 2.59. The number of hydrogen-bond acceptors (Lipinski definition) is 2. The Balaban J connectivity index is 2.86. The van der Waals surface area contributed by atoms with E-state index >= 15 is 0 Å². The van der Waals surface area contributed by atoms with Crippen LogP contribution in [0.1, 0.15) is 0 Å². The predicted molar refractivity (Wildman–Crippen MR) is 46.7 cm³/mol. The molecule has 0 unspecified atom stereocenters. The minimum Gasteiger partial charge on any atom is -0.356 e. The maximum Gasteiger partial charge on any atom is 0.168 e. The van der Waals surface area contributed by atoms with E-state index in [4.69, 9.17) is 16.1 Å². The van der Waals surface area contributed by atoms with Crippen molar-refractivity contribution in [2.24, 2.45) is 0 Å². The first-order valence-corrected chi connectivity index (χ1v) is 4.14. The topological polar surface area (TPSA) is 26.0 Å². The van der Waals surface area contributed by atoms with Crippen molar-refractivity contribution >= 4 is 38.5 Å². The summed E-state index contributed by atoms with van der Waals surface area (Å²) in [6, 6.07) is 3.60. The summed E-state index contributed by atoms with van der Waals surface area (Å²) in [5, 5.41) is 5.21. The summed E-state index contributed by atoms with van der Waals surface area (Å²) in [7, 11) is 0. The lowest BCUT2D eigenvalue weighted by Gasteiger charge is -1.92. The average Bonchev–Trinajstić information content (AvgIpc) is 2.36. The van der Waals surface area contributed by atoms with Crippen molar-refractivity contribution in [2.75, 3.05) is 0 Å². The van der Waals surface area contributed by atoms with Crippen LogP contribution in [-0.2, 0) is 0 Å². The van der Waals surface area contributed by atoms with Gasteiger partial charge in [-0.3, -0.25) is 0 Å². The summed E-state index contributed by atoms with van der Waals surface area (Å²) in [6.45, 7) is 0. The van der Waals surface area contributed by atoms with Crippen LogP contribution in [0.25, 0.3) is 11.0 Å². The van der Waals surface area contributed by atoms with Crippen LogP contribution in [0.15, 0.2) is 27.3 Å². The van der Waals surface area contributed by atoms with Gasteiger partial charge < -0.3 is 4.52 Å². The average molecular weight is 232 g/mol. The van der Waals surface area contributed by atoms with Crippen LogP contribution in [0.3, 0.4) is 0 Å². The van der Waals surface area contributed by atoms with Crippen molar-refractivity contribution in [3.8, 4) is 0 Å². The lowest BCUT2D eigenvalue weighted by atomic mass is 10.3. The maximum absolute atomic E-state index is 5.83. The molecule has 0 radical (unpaired) electrons. The van der Waals surface area contributed by atoms with Gasteiger partial charge in [0.15, 0.2) is 5.58 Å². The highest BCUT2D eigenvalue weighted by atomic mass is 79.9. The highest BCUT2D eigenvalue weighted by Gasteiger charge is 2.02. The molecule has 0 N–H and O–H groups in total. The van der Waals surface area contributed by atoms with Crippen molar-refractivity contribution in [1.29, 1.82) is 0 Å². The summed E-state index contributed by atoms with van der Waals surface area (Å²) < 4.78 is 5.74. The smallest absolute Gasteiger partial charge is 0.168 e. The van der Waals surface area contributed by atoms with Gasteiger partial charge in [-0.15, -0.1) is 0 Å². The molecular formula is C7H3BrClNO. The standard InChI is InChI=1S/C7H3BrClNO/c8-5-2-7-4(1-6(5)9)3-10-11-7/h1-3H. The first-order valence-electron chi connectivity index (χ1n) is 2.97. The van der Waals surface area contributed by atoms with Gasteiger partial charge in [-0.25, -0.2) is 0 Å². The fourth-order valence-corrected chi connectivity index (χ4v) is 1.36. The van der Waals surface area contributed by atoms with Gasteiger partial charge in [0.25, 0.3) is 0 Å². The monoisotopic (exact) mass is 231 g/mol. The first-order chi connectivity index (χ1) is 5.27. The largest absolute Gasteiger partial charge is 0.356 e. The fraction of sp³-hybridized carbons (Fsp3) is 0. The zero-order valence-electron chi connectivity index (χ0n) is 5.34. The number of nitrogens with zero attached hydrogens (tertiary/aromatic N) is 1. The van der Waals surface area contributed by atoms with Gasteiger partial charge in [0.05, 0.1) is 11.2 Å². The molecule has 1 aromatic carbocycles. The first kappa shape index (κ1) is 7.13. The van der Waals surface area contributed by atoms with Gasteiger partial charge in [0.1, 0.15) is 0 Å². The van der Waals surface area contributed by atoms with Crippen LogP contribution < -0.4 is 0 Å².